The summed E-state index contributed by atoms with van der Waals surface area (Å²) in [6.45, 7) is -3.31. The van der Waals surface area contributed by atoms with Gasteiger partial charge in [0.2, 0.25) is 0 Å². The normalized spacial score (nSPS) is 35.7. The second kappa shape index (κ2) is 5.56. The minimum atomic E-state index is -5.20. The Bertz CT molecular complexity index is 536. The van der Waals surface area contributed by atoms with Crippen molar-refractivity contribution in [2.45, 2.75) is 45.5 Å². The molecule has 0 radical (unpaired) electrons. The molecule has 1 aliphatic heterocycles. The quantitative estimate of drug-likeness (QED) is 0.743. The van der Waals surface area contributed by atoms with Gasteiger partial charge in [0.1, 0.15) is 0 Å². The van der Waals surface area contributed by atoms with Crippen molar-refractivity contribution in [1.29, 1.82) is 0 Å². The second-order valence-electron chi connectivity index (χ2n) is 4.97. The van der Waals surface area contributed by atoms with E-state index in [1.54, 1.807) is 0 Å². The van der Waals surface area contributed by atoms with Crippen LogP contribution in [0, 0.1) is 0 Å². The van der Waals surface area contributed by atoms with Gasteiger partial charge in [0, 0.05) is 37.1 Å². The highest BCUT2D eigenvalue weighted by atomic mass is 19.4. The molecule has 0 saturated carbocycles. The molecule has 1 rings (SSSR count). The van der Waals surface area contributed by atoms with Gasteiger partial charge < -0.3 is 9.64 Å². The Morgan fingerprint density at radius 3 is 2.42 bits per heavy atom. The number of hydrogen-bond donors (Lipinski definition) is 0. The summed E-state index contributed by atoms with van der Waals surface area (Å²) in [5.41, 5.74) is -1.07. The smallest absolute Gasteiger partial charge is 0.425 e. The second-order valence-corrected chi connectivity index (χ2v) is 4.97. The first kappa shape index (κ1) is 9.05. The Hall–Kier alpha value is -0.980. The largest absolute Gasteiger partial charge is 0.437 e. The van der Waals surface area contributed by atoms with Crippen molar-refractivity contribution in [3.8, 4) is 0 Å². The summed E-state index contributed by atoms with van der Waals surface area (Å²) in [5, 5.41) is 0. The topological polar surface area (TPSA) is 32.8 Å². The van der Waals surface area contributed by atoms with Gasteiger partial charge in [-0.3, -0.25) is 4.90 Å². The Labute approximate surface area is 119 Å². The highest BCUT2D eigenvalue weighted by Crippen LogP contribution is 2.23. The molecule has 2 atom stereocenters. The minimum Gasteiger partial charge on any atom is -0.437 e. The lowest BCUT2D eigenvalue weighted by Crippen LogP contribution is -2.55. The maximum Gasteiger partial charge on any atom is 0.425 e. The van der Waals surface area contributed by atoms with E-state index in [0.29, 0.717) is 6.92 Å². The molecule has 0 aliphatic carbocycles. The number of amides is 1. The molecule has 7 heteroatoms. The van der Waals surface area contributed by atoms with Crippen molar-refractivity contribution >= 4 is 6.09 Å². The molecule has 0 aromatic heterocycles. The summed E-state index contributed by atoms with van der Waals surface area (Å²) < 4.78 is 89.2. The van der Waals surface area contributed by atoms with Crippen LogP contribution in [0.25, 0.3) is 0 Å². The molecule has 0 aromatic rings. The average Bonchev–Trinajstić information content (AvgIpc) is 2.28. The van der Waals surface area contributed by atoms with Gasteiger partial charge in [-0.2, -0.15) is 13.2 Å². The van der Waals surface area contributed by atoms with E-state index in [4.69, 9.17) is 8.22 Å². The van der Waals surface area contributed by atoms with Crippen LogP contribution in [-0.2, 0) is 4.74 Å². The zero-order valence-corrected chi connectivity index (χ0v) is 11.1. The number of piperazine rings is 1. The van der Waals surface area contributed by atoms with Gasteiger partial charge in [0.05, 0.1) is 2.74 Å². The van der Waals surface area contributed by atoms with E-state index in [9.17, 15) is 18.0 Å². The first-order chi connectivity index (χ1) is 10.7. The first-order valence-corrected chi connectivity index (χ1v) is 5.54. The van der Waals surface area contributed by atoms with Gasteiger partial charge in [-0.05, 0) is 27.7 Å². The van der Waals surface area contributed by atoms with Crippen molar-refractivity contribution < 1.29 is 30.9 Å². The molecule has 1 saturated heterocycles. The number of halogens is 3. The number of carbonyl (C=O) groups is 1. The highest BCUT2D eigenvalue weighted by molar-refractivity contribution is 5.68. The number of alkyl halides is 3. The van der Waals surface area contributed by atoms with Crippen LogP contribution >= 0.6 is 0 Å². The zero-order chi connectivity index (χ0) is 20.2. The standard InChI is InChI=1S/C12H21F3N2O2/c1-9(12(13,14)15)19-10(18)16-5-7-17(8-6-16)11(2,3)4/h9H,5-8H2,1-4H3/i5D,7D2,8D2,9D. The fourth-order valence-electron chi connectivity index (χ4n) is 1.16. The Kier molecular flexibility index (Phi) is 2.65. The number of hydrogen-bond acceptors (Lipinski definition) is 3. The van der Waals surface area contributed by atoms with Crippen molar-refractivity contribution in [3.63, 3.8) is 0 Å². The third kappa shape index (κ3) is 4.56. The molecular formula is C12H21F3N2O2. The lowest BCUT2D eigenvalue weighted by molar-refractivity contribution is -0.200. The van der Waals surface area contributed by atoms with Crippen molar-refractivity contribution in [1.82, 2.24) is 9.80 Å². The summed E-state index contributed by atoms with van der Waals surface area (Å²) in [7, 11) is 0. The molecule has 112 valence electrons. The number of rotatable bonds is 1. The van der Waals surface area contributed by atoms with E-state index < -0.39 is 49.9 Å². The van der Waals surface area contributed by atoms with Crippen LogP contribution in [0.5, 0.6) is 0 Å². The molecule has 0 aromatic carbocycles. The van der Waals surface area contributed by atoms with Crippen LogP contribution < -0.4 is 0 Å². The molecule has 19 heavy (non-hydrogen) atoms. The van der Waals surface area contributed by atoms with Crippen molar-refractivity contribution in [2.75, 3.05) is 26.1 Å². The van der Waals surface area contributed by atoms with Gasteiger partial charge in [-0.1, -0.05) is 0 Å². The molecule has 0 N–H and O–H groups in total. The van der Waals surface area contributed by atoms with E-state index in [1.807, 2.05) is 0 Å². The average molecular weight is 288 g/mol. The summed E-state index contributed by atoms with van der Waals surface area (Å²) in [6, 6.07) is 0. The van der Waals surface area contributed by atoms with Gasteiger partial charge >= 0.3 is 12.3 Å². The maximum atomic E-state index is 12.7. The molecule has 1 amide bonds. The maximum absolute atomic E-state index is 12.7. The summed E-state index contributed by atoms with van der Waals surface area (Å²) in [5.74, 6) is 0. The minimum absolute atomic E-state index is 0.223. The number of carbonyl (C=O) groups excluding carboxylic acids is 1. The highest BCUT2D eigenvalue weighted by Gasteiger charge is 2.40. The zero-order valence-electron chi connectivity index (χ0n) is 17.1. The molecule has 1 heterocycles. The molecular weight excluding hydrogens is 261 g/mol. The molecule has 0 bridgehead atoms. The van der Waals surface area contributed by atoms with E-state index in [2.05, 4.69) is 4.74 Å². The monoisotopic (exact) mass is 288 g/mol. The SMILES string of the molecule is [2H]C1N(C(=O)OC([2H])(C)C(F)(F)F)CC([2H])([2H])N(C(C)(C)C)C1([2H])[2H]. The fourth-order valence-corrected chi connectivity index (χ4v) is 1.16. The molecule has 4 nitrogen and oxygen atoms in total. The van der Waals surface area contributed by atoms with Crippen molar-refractivity contribution in [3.05, 3.63) is 0 Å². The number of ether oxygens (including phenoxy) is 1. The lowest BCUT2D eigenvalue weighted by atomic mass is 10.1. The summed E-state index contributed by atoms with van der Waals surface area (Å²) in [4.78, 5) is 13.0. The van der Waals surface area contributed by atoms with E-state index in [1.165, 1.54) is 20.8 Å². The Morgan fingerprint density at radius 2 is 1.95 bits per heavy atom. The summed E-state index contributed by atoms with van der Waals surface area (Å²) in [6.07, 6.45) is -10.6. The van der Waals surface area contributed by atoms with Crippen LogP contribution in [0.2, 0.25) is 0 Å². The molecule has 1 fully saturated rings. The fraction of sp³-hybridized carbons (Fsp3) is 0.917. The first-order valence-electron chi connectivity index (χ1n) is 8.62. The predicted molar refractivity (Wildman–Crippen MR) is 64.9 cm³/mol. The molecule has 0 spiro atoms. The summed E-state index contributed by atoms with van der Waals surface area (Å²) >= 11 is 0. The van der Waals surface area contributed by atoms with Gasteiger partial charge in [-0.25, -0.2) is 4.79 Å². The van der Waals surface area contributed by atoms with Crippen LogP contribution in [0.4, 0.5) is 18.0 Å². The van der Waals surface area contributed by atoms with Crippen LogP contribution in [0.3, 0.4) is 0 Å². The van der Waals surface area contributed by atoms with Crippen LogP contribution in [-0.4, -0.2) is 59.7 Å². The predicted octanol–water partition coefficient (Wildman–Crippen LogP) is 2.49. The third-order valence-corrected chi connectivity index (χ3v) is 2.29. The number of nitrogens with zero attached hydrogens (tertiary/aromatic N) is 2. The van der Waals surface area contributed by atoms with Crippen LogP contribution in [0.15, 0.2) is 0 Å². The Balaban J connectivity index is 3.19. The van der Waals surface area contributed by atoms with E-state index in [0.717, 1.165) is 4.90 Å². The van der Waals surface area contributed by atoms with Gasteiger partial charge in [0.25, 0.3) is 0 Å². The van der Waals surface area contributed by atoms with Gasteiger partial charge in [-0.15, -0.1) is 0 Å². The third-order valence-electron chi connectivity index (χ3n) is 2.29. The molecule has 2 unspecified atom stereocenters. The van der Waals surface area contributed by atoms with Gasteiger partial charge in [0.15, 0.2) is 6.08 Å². The Morgan fingerprint density at radius 1 is 1.37 bits per heavy atom. The van der Waals surface area contributed by atoms with Crippen LogP contribution in [0.1, 0.15) is 35.9 Å². The molecule has 1 aliphatic rings. The lowest BCUT2D eigenvalue weighted by Gasteiger charge is -2.42. The van der Waals surface area contributed by atoms with E-state index in [-0.39, 0.29) is 4.90 Å². The van der Waals surface area contributed by atoms with E-state index >= 15 is 0 Å². The van der Waals surface area contributed by atoms with Crippen molar-refractivity contribution in [2.24, 2.45) is 0 Å².